The molecule has 0 radical (unpaired) electrons. The summed E-state index contributed by atoms with van der Waals surface area (Å²) in [6.45, 7) is 10.4. The molecule has 1 fully saturated rings. The number of aliphatic imine (C=N–C) groups is 1. The first-order valence-electron chi connectivity index (χ1n) is 10.7. The summed E-state index contributed by atoms with van der Waals surface area (Å²) in [5, 5.41) is 6.95. The van der Waals surface area contributed by atoms with Crippen molar-refractivity contribution in [3.05, 3.63) is 59.5 Å². The molecule has 1 atom stereocenters. The summed E-state index contributed by atoms with van der Waals surface area (Å²) in [7, 11) is 0. The number of morpholine rings is 1. The van der Waals surface area contributed by atoms with Crippen LogP contribution in [0.25, 0.3) is 0 Å². The Balaban J connectivity index is 1.62. The first kappa shape index (κ1) is 21.4. The highest BCUT2D eigenvalue weighted by Gasteiger charge is 2.13. The number of ether oxygens (including phenoxy) is 1. The predicted molar refractivity (Wildman–Crippen MR) is 117 cm³/mol. The van der Waals surface area contributed by atoms with E-state index in [1.807, 2.05) is 12.1 Å². The molecule has 2 N–H and O–H groups in total. The molecule has 2 heterocycles. The molecule has 158 valence electrons. The summed E-state index contributed by atoms with van der Waals surface area (Å²) < 4.78 is 10.9. The highest BCUT2D eigenvalue weighted by molar-refractivity contribution is 5.80. The molecule has 6 heteroatoms. The summed E-state index contributed by atoms with van der Waals surface area (Å²) in [4.78, 5) is 7.33. The summed E-state index contributed by atoms with van der Waals surface area (Å²) in [5.74, 6) is 1.84. The second-order valence-electron chi connectivity index (χ2n) is 7.53. The van der Waals surface area contributed by atoms with Gasteiger partial charge in [-0.3, -0.25) is 4.90 Å². The maximum atomic E-state index is 5.47. The zero-order chi connectivity index (χ0) is 20.3. The van der Waals surface area contributed by atoms with E-state index < -0.39 is 0 Å². The largest absolute Gasteiger partial charge is 0.469 e. The Morgan fingerprint density at radius 3 is 2.66 bits per heavy atom. The van der Waals surface area contributed by atoms with Gasteiger partial charge in [0.1, 0.15) is 5.76 Å². The van der Waals surface area contributed by atoms with Crippen molar-refractivity contribution in [2.75, 3.05) is 32.8 Å². The van der Waals surface area contributed by atoms with Crippen molar-refractivity contribution in [2.24, 2.45) is 4.99 Å². The third kappa shape index (κ3) is 7.22. The number of rotatable bonds is 9. The molecule has 1 saturated heterocycles. The van der Waals surface area contributed by atoms with Crippen LogP contribution in [0.3, 0.4) is 0 Å². The Kier molecular flexibility index (Phi) is 8.58. The molecule has 1 aliphatic heterocycles. The quantitative estimate of drug-likeness (QED) is 0.502. The van der Waals surface area contributed by atoms with Gasteiger partial charge in [-0.1, -0.05) is 31.2 Å². The lowest BCUT2D eigenvalue weighted by molar-refractivity contribution is 0.0341. The number of nitrogens with zero attached hydrogens (tertiary/aromatic N) is 2. The van der Waals surface area contributed by atoms with Crippen LogP contribution < -0.4 is 10.6 Å². The molecule has 3 rings (SSSR count). The van der Waals surface area contributed by atoms with Crippen LogP contribution in [0.5, 0.6) is 0 Å². The van der Waals surface area contributed by atoms with Gasteiger partial charge >= 0.3 is 0 Å². The molecular weight excluding hydrogens is 364 g/mol. The standard InChI is InChI=1S/C23H34N4O2/c1-3-19(2)26-23(24-11-10-22-9-6-14-29-22)25-17-20-7-4-5-8-21(20)18-27-12-15-28-16-13-27/h4-9,14,19H,3,10-13,15-18H2,1-2H3,(H2,24,25,26). The number of hydrogen-bond acceptors (Lipinski definition) is 4. The van der Waals surface area contributed by atoms with Gasteiger partial charge in [-0.2, -0.15) is 0 Å². The van der Waals surface area contributed by atoms with Crippen LogP contribution in [0.1, 0.15) is 37.2 Å². The van der Waals surface area contributed by atoms with Gasteiger partial charge < -0.3 is 19.8 Å². The first-order chi connectivity index (χ1) is 14.2. The molecule has 1 unspecified atom stereocenters. The summed E-state index contributed by atoms with van der Waals surface area (Å²) in [5.41, 5.74) is 2.62. The van der Waals surface area contributed by atoms with Gasteiger partial charge in [-0.05, 0) is 36.6 Å². The van der Waals surface area contributed by atoms with Crippen LogP contribution in [-0.4, -0.2) is 49.7 Å². The summed E-state index contributed by atoms with van der Waals surface area (Å²) >= 11 is 0. The van der Waals surface area contributed by atoms with E-state index in [9.17, 15) is 0 Å². The number of guanidine groups is 1. The number of furan rings is 1. The van der Waals surface area contributed by atoms with Crippen molar-refractivity contribution in [1.82, 2.24) is 15.5 Å². The molecule has 1 aliphatic rings. The maximum absolute atomic E-state index is 5.47. The van der Waals surface area contributed by atoms with Crippen LogP contribution >= 0.6 is 0 Å². The normalized spacial score (nSPS) is 16.6. The van der Waals surface area contributed by atoms with Crippen molar-refractivity contribution in [2.45, 2.75) is 45.8 Å². The predicted octanol–water partition coefficient (Wildman–Crippen LogP) is 3.19. The van der Waals surface area contributed by atoms with Crippen LogP contribution in [0, 0.1) is 0 Å². The van der Waals surface area contributed by atoms with Crippen molar-refractivity contribution in [3.8, 4) is 0 Å². The van der Waals surface area contributed by atoms with Gasteiger partial charge in [-0.15, -0.1) is 0 Å². The fourth-order valence-corrected chi connectivity index (χ4v) is 3.28. The molecule has 2 aromatic rings. The smallest absolute Gasteiger partial charge is 0.191 e. The number of nitrogens with one attached hydrogen (secondary N) is 2. The van der Waals surface area contributed by atoms with E-state index in [2.05, 4.69) is 53.6 Å². The van der Waals surface area contributed by atoms with Gasteiger partial charge in [0.2, 0.25) is 0 Å². The zero-order valence-electron chi connectivity index (χ0n) is 17.7. The number of hydrogen-bond donors (Lipinski definition) is 2. The van der Waals surface area contributed by atoms with E-state index >= 15 is 0 Å². The third-order valence-electron chi connectivity index (χ3n) is 5.26. The lowest BCUT2D eigenvalue weighted by Gasteiger charge is -2.27. The van der Waals surface area contributed by atoms with Gasteiger partial charge in [0, 0.05) is 38.6 Å². The lowest BCUT2D eigenvalue weighted by atomic mass is 10.1. The fraction of sp³-hybridized carbons (Fsp3) is 0.522. The number of benzene rings is 1. The Labute approximate surface area is 174 Å². The van der Waals surface area contributed by atoms with E-state index in [1.165, 1.54) is 11.1 Å². The molecule has 0 saturated carbocycles. The van der Waals surface area contributed by atoms with Gasteiger partial charge in [-0.25, -0.2) is 4.99 Å². The molecular formula is C23H34N4O2. The second-order valence-corrected chi connectivity index (χ2v) is 7.53. The first-order valence-corrected chi connectivity index (χ1v) is 10.7. The maximum Gasteiger partial charge on any atom is 0.191 e. The van der Waals surface area contributed by atoms with Gasteiger partial charge in [0.25, 0.3) is 0 Å². The van der Waals surface area contributed by atoms with Crippen molar-refractivity contribution >= 4 is 5.96 Å². The van der Waals surface area contributed by atoms with E-state index in [0.29, 0.717) is 12.6 Å². The molecule has 0 aliphatic carbocycles. The summed E-state index contributed by atoms with van der Waals surface area (Å²) in [6.07, 6.45) is 3.60. The average Bonchev–Trinajstić information content (AvgIpc) is 3.27. The highest BCUT2D eigenvalue weighted by atomic mass is 16.5. The van der Waals surface area contributed by atoms with Crippen molar-refractivity contribution in [3.63, 3.8) is 0 Å². The Morgan fingerprint density at radius 2 is 1.93 bits per heavy atom. The zero-order valence-corrected chi connectivity index (χ0v) is 17.7. The van der Waals surface area contributed by atoms with Crippen LogP contribution in [0.4, 0.5) is 0 Å². The van der Waals surface area contributed by atoms with Crippen molar-refractivity contribution < 1.29 is 9.15 Å². The molecule has 1 aromatic carbocycles. The van der Waals surface area contributed by atoms with Gasteiger partial charge in [0.05, 0.1) is 26.0 Å². The SMILES string of the molecule is CCC(C)NC(=NCc1ccccc1CN1CCOCC1)NCCc1ccco1. The topological polar surface area (TPSA) is 62.0 Å². The minimum Gasteiger partial charge on any atom is -0.469 e. The Bertz CT molecular complexity index is 739. The van der Waals surface area contributed by atoms with E-state index in [1.54, 1.807) is 6.26 Å². The fourth-order valence-electron chi connectivity index (χ4n) is 3.28. The van der Waals surface area contributed by atoms with Crippen molar-refractivity contribution in [1.29, 1.82) is 0 Å². The van der Waals surface area contributed by atoms with E-state index in [4.69, 9.17) is 14.1 Å². The minimum absolute atomic E-state index is 0.369. The van der Waals surface area contributed by atoms with Crippen LogP contribution in [-0.2, 0) is 24.2 Å². The Hall–Kier alpha value is -2.31. The van der Waals surface area contributed by atoms with E-state index in [-0.39, 0.29) is 0 Å². The van der Waals surface area contributed by atoms with Crippen LogP contribution in [0.2, 0.25) is 0 Å². The third-order valence-corrected chi connectivity index (χ3v) is 5.26. The molecule has 0 amide bonds. The molecule has 0 spiro atoms. The molecule has 0 bridgehead atoms. The molecule has 29 heavy (non-hydrogen) atoms. The van der Waals surface area contributed by atoms with Crippen LogP contribution in [0.15, 0.2) is 52.1 Å². The highest BCUT2D eigenvalue weighted by Crippen LogP contribution is 2.14. The monoisotopic (exact) mass is 398 g/mol. The molecule has 1 aromatic heterocycles. The van der Waals surface area contributed by atoms with Gasteiger partial charge in [0.15, 0.2) is 5.96 Å². The lowest BCUT2D eigenvalue weighted by Crippen LogP contribution is -2.42. The van der Waals surface area contributed by atoms with E-state index in [0.717, 1.165) is 64.0 Å². The summed E-state index contributed by atoms with van der Waals surface area (Å²) in [6, 6.07) is 12.9. The Morgan fingerprint density at radius 1 is 1.14 bits per heavy atom. The average molecular weight is 399 g/mol. The minimum atomic E-state index is 0.369. The molecule has 6 nitrogen and oxygen atoms in total. The second kappa shape index (κ2) is 11.6.